The van der Waals surface area contributed by atoms with Gasteiger partial charge in [-0.3, -0.25) is 19.2 Å². The third-order valence-electron chi connectivity index (χ3n) is 23.2. The summed E-state index contributed by atoms with van der Waals surface area (Å²) in [6.45, 7) is 63.2. The molecule has 127 heavy (non-hydrogen) atoms. The van der Waals surface area contributed by atoms with Gasteiger partial charge in [0.25, 0.3) is 0 Å². The first-order valence-corrected chi connectivity index (χ1v) is 46.6. The Morgan fingerprint density at radius 1 is 0.276 bits per heavy atom. The van der Waals surface area contributed by atoms with E-state index >= 15 is 0 Å². The average Bonchev–Trinajstić information content (AvgIpc) is 0.820. The van der Waals surface area contributed by atoms with Crippen molar-refractivity contribution in [3.05, 3.63) is 176 Å². The average molecular weight is 1770 g/mol. The molecule has 6 rings (SSSR count). The molecule has 2 radical (unpaired) electrons. The lowest BCUT2D eigenvalue weighted by molar-refractivity contribution is -0.148. The number of aromatic hydroxyl groups is 5. The molecular weight excluding hydrogens is 1590 g/mol. The SMILES string of the molecule is CC(C)(C)c1cc(CCC(=O)OCn2c(=O)n(COC(=O)CCc3cc(C(C)(C)C)c(O)c(C(C)(C)C)c3)c(=O)n(COC(=O)CCc3cc(C(C)(C)C)c(O)c(C(C)(C)C)c3)c2=O)cc(C(C)(C)C)c1O.CCCCCCCCCCCCCCCCCCOC(=O)CCc1cc(C(C)(C)C)c(O)c(C(C)(C)C)c1.Cc1cc(C(C)(C)C)c(O)c(C(C)(C)C)c1.[3H][B]. The second-order valence-corrected chi connectivity index (χ2v) is 45.5. The van der Waals surface area contributed by atoms with E-state index in [4.69, 9.17) is 20.3 Å². The summed E-state index contributed by atoms with van der Waals surface area (Å²) in [6.07, 6.45) is 22.6. The number of aromatic nitrogens is 3. The molecule has 0 aliphatic heterocycles. The molecule has 0 bridgehead atoms. The summed E-state index contributed by atoms with van der Waals surface area (Å²) >= 11 is 0. The molecule has 19 nitrogen and oxygen atoms in total. The minimum Gasteiger partial charge on any atom is -0.507 e. The zero-order valence-electron chi connectivity index (χ0n) is 85.7. The number of aryl methyl sites for hydroxylation is 5. The molecule has 0 saturated carbocycles. The molecule has 0 aliphatic rings. The van der Waals surface area contributed by atoms with Crippen LogP contribution in [0.4, 0.5) is 0 Å². The highest BCUT2D eigenvalue weighted by Gasteiger charge is 2.34. The van der Waals surface area contributed by atoms with Gasteiger partial charge in [-0.1, -0.05) is 377 Å². The second-order valence-electron chi connectivity index (χ2n) is 45.5. The molecule has 6 aromatic rings. The zero-order valence-corrected chi connectivity index (χ0v) is 84.7. The van der Waals surface area contributed by atoms with Gasteiger partial charge in [0.15, 0.2) is 20.2 Å². The largest absolute Gasteiger partial charge is 0.507 e. The van der Waals surface area contributed by atoms with Crippen molar-refractivity contribution in [2.75, 3.05) is 6.61 Å². The Bertz CT molecular complexity index is 4280. The fraction of sp³-hybridized carbons (Fsp3) is 0.654. The molecule has 0 spiro atoms. The van der Waals surface area contributed by atoms with Crippen molar-refractivity contribution >= 4 is 32.3 Å². The number of phenolic OH excluding ortho intramolecular Hbond substituents is 5. The lowest BCUT2D eigenvalue weighted by Gasteiger charge is -2.28. The van der Waals surface area contributed by atoms with E-state index in [-0.39, 0.29) is 83.4 Å². The monoisotopic (exact) mass is 1760 g/mol. The smallest absolute Gasteiger partial charge is 0.341 e. The molecule has 1 aromatic heterocycles. The van der Waals surface area contributed by atoms with Crippen molar-refractivity contribution in [2.24, 2.45) is 0 Å². The fourth-order valence-electron chi connectivity index (χ4n) is 15.4. The van der Waals surface area contributed by atoms with Gasteiger partial charge in [0, 0.05) is 34.1 Å². The minimum absolute atomic E-state index is 0.0178. The van der Waals surface area contributed by atoms with Crippen LogP contribution in [0, 0.1) is 6.92 Å². The highest BCUT2D eigenvalue weighted by molar-refractivity contribution is 5.75. The highest BCUT2D eigenvalue weighted by atomic mass is 16.6. The van der Waals surface area contributed by atoms with E-state index in [2.05, 4.69) is 130 Å². The molecule has 20 heteroatoms. The van der Waals surface area contributed by atoms with Crippen molar-refractivity contribution in [1.82, 2.24) is 13.7 Å². The van der Waals surface area contributed by atoms with Crippen LogP contribution in [0.3, 0.4) is 0 Å². The molecule has 0 unspecified atom stereocenters. The number of benzene rings is 5. The van der Waals surface area contributed by atoms with Gasteiger partial charge in [-0.15, -0.1) is 0 Å². The fourth-order valence-corrected chi connectivity index (χ4v) is 15.4. The van der Waals surface area contributed by atoms with Crippen molar-refractivity contribution in [1.29, 1.82) is 1.34 Å². The van der Waals surface area contributed by atoms with Gasteiger partial charge in [-0.05, 0) is 172 Å². The quantitative estimate of drug-likeness (QED) is 0.0107. The van der Waals surface area contributed by atoms with E-state index in [1.165, 1.54) is 95.5 Å². The van der Waals surface area contributed by atoms with Crippen LogP contribution in [-0.4, -0.2) is 79.4 Å². The molecule has 0 amide bonds. The summed E-state index contributed by atoms with van der Waals surface area (Å²) in [7, 11) is 3.75. The number of carbonyl (C=O) groups is 4. The lowest BCUT2D eigenvalue weighted by Crippen LogP contribution is -2.55. The van der Waals surface area contributed by atoms with E-state index in [1.54, 1.807) is 0 Å². The van der Waals surface area contributed by atoms with E-state index in [0.717, 1.165) is 57.3 Å². The van der Waals surface area contributed by atoms with Crippen LogP contribution in [0.25, 0.3) is 0 Å². The highest BCUT2D eigenvalue weighted by Crippen LogP contribution is 2.46. The molecule has 710 valence electrons. The Kier molecular flexibility index (Phi) is 41.3. The molecule has 5 aromatic carbocycles. The third-order valence-corrected chi connectivity index (χ3v) is 23.2. The predicted molar refractivity (Wildman–Crippen MR) is 521 cm³/mol. The molecule has 0 fully saturated rings. The van der Waals surface area contributed by atoms with Crippen LogP contribution in [0.5, 0.6) is 28.7 Å². The van der Waals surface area contributed by atoms with E-state index in [1.807, 2.05) is 161 Å². The maximum Gasteiger partial charge on any atom is 0.341 e. The van der Waals surface area contributed by atoms with Gasteiger partial charge in [0.05, 0.1) is 6.61 Å². The molecule has 0 saturated heterocycles. The van der Waals surface area contributed by atoms with Gasteiger partial charge in [0.2, 0.25) is 0 Å². The van der Waals surface area contributed by atoms with Gasteiger partial charge in [-0.25, -0.2) is 28.1 Å². The molecule has 0 aliphatic carbocycles. The lowest BCUT2D eigenvalue weighted by atomic mass is 9.78. The Labute approximate surface area is 767 Å². The predicted octanol–water partition coefficient (Wildman–Crippen LogP) is 23.8. The number of carbonyl (C=O) groups excluding carboxylic acids is 4. The Balaban J connectivity index is 0.000000621. The number of rotatable bonds is 35. The summed E-state index contributed by atoms with van der Waals surface area (Å²) < 4.78 is 28.6. The molecular formula is C107H168BN3O16. The first-order chi connectivity index (χ1) is 58.7. The van der Waals surface area contributed by atoms with Gasteiger partial charge < -0.3 is 44.5 Å². The summed E-state index contributed by atoms with van der Waals surface area (Å²) in [4.78, 5) is 94.0. The van der Waals surface area contributed by atoms with Crippen LogP contribution in [0.1, 0.15) is 427 Å². The van der Waals surface area contributed by atoms with Crippen molar-refractivity contribution in [2.45, 2.75) is 450 Å². The number of ether oxygens (including phenoxy) is 4. The number of unbranched alkanes of at least 4 members (excludes halogenated alkanes) is 15. The Hall–Kier alpha value is -8.55. The van der Waals surface area contributed by atoms with E-state index < -0.39 is 87.7 Å². The summed E-state index contributed by atoms with van der Waals surface area (Å²) in [5.74, 6) is -1.03. The van der Waals surface area contributed by atoms with Gasteiger partial charge >= 0.3 is 40.9 Å². The molecule has 5 N–H and O–H groups in total. The first kappa shape index (κ1) is 111. The topological polar surface area (TPSA) is 272 Å². The standard InChI is InChI=1S/C57H81N3O12.C35H62O3.C15H24O.BH/c1-52(2,3)37-25-34(26-38(46(37)64)53(4,5)6)19-22-43(61)70-31-58-49(67)59(32-71-44(62)23-20-35-27-39(54(7,8)9)47(65)40(28-35)55(10,11)12)51(69)60(50(58)68)33-72-45(63)24-21-36-29-41(56(13,14)15)48(66)42(30-36)57(16,17)18;1-8-9-10-11-12-13-14-15-16-17-18-19-20-21-22-23-26-38-32(36)25-24-29-27-30(34(2,3)4)33(37)31(28-29)35(5,6)7;1-10-8-11(14(2,3)4)13(16)12(9-10)15(5,6)7;/h25-30,64-66H,19-24,31-33H2,1-18H3;27-28,37H,8-26H2,1-7H3;8-9,16H,1-7H3;1H/i;;;1T. The number of hydrogen-bond acceptors (Lipinski definition) is 16. The normalized spacial score (nSPS) is 12.6. The number of hydrogen-bond donors (Lipinski definition) is 5. The van der Waals surface area contributed by atoms with E-state index in [9.17, 15) is 59.1 Å². The van der Waals surface area contributed by atoms with Crippen LogP contribution < -0.4 is 17.1 Å². The third kappa shape index (κ3) is 35.7. The maximum atomic E-state index is 13.9. The van der Waals surface area contributed by atoms with Gasteiger partial charge in [0.1, 0.15) is 28.7 Å². The summed E-state index contributed by atoms with van der Waals surface area (Å²) in [5, 5.41) is 54.8. The second kappa shape index (κ2) is 47.3. The number of nitrogens with zero attached hydrogens (tertiary/aromatic N) is 3. The Morgan fingerprint density at radius 3 is 0.606 bits per heavy atom. The Morgan fingerprint density at radius 2 is 0.433 bits per heavy atom. The molecule has 0 atom stereocenters. The van der Waals surface area contributed by atoms with Crippen LogP contribution in [-0.2, 0) is 138 Å². The summed E-state index contributed by atoms with van der Waals surface area (Å²) in [6, 6.07) is 19.3. The van der Waals surface area contributed by atoms with E-state index in [0.29, 0.717) is 78.0 Å². The number of esters is 4. The van der Waals surface area contributed by atoms with Crippen LogP contribution >= 0.6 is 0 Å². The summed E-state index contributed by atoms with van der Waals surface area (Å²) in [5.41, 5.74) is 6.30. The van der Waals surface area contributed by atoms with Crippen molar-refractivity contribution in [3.63, 3.8) is 0 Å². The van der Waals surface area contributed by atoms with Crippen molar-refractivity contribution in [3.8, 4) is 28.7 Å². The first-order valence-electron chi connectivity index (χ1n) is 47.2. The molecule has 1 heterocycles. The maximum absolute atomic E-state index is 13.9. The van der Waals surface area contributed by atoms with Crippen molar-refractivity contribution < 1.29 is 63.7 Å². The zero-order chi connectivity index (χ0) is 98.0. The van der Waals surface area contributed by atoms with Crippen LogP contribution in [0.15, 0.2) is 75.0 Å². The number of phenols is 5. The van der Waals surface area contributed by atoms with Crippen LogP contribution in [0.2, 0.25) is 0 Å². The van der Waals surface area contributed by atoms with Gasteiger partial charge in [-0.2, -0.15) is 0 Å². The minimum atomic E-state index is -1.24.